The van der Waals surface area contributed by atoms with E-state index in [1.54, 1.807) is 0 Å². The smallest absolute Gasteiger partial charge is 0.0493 e. The van der Waals surface area contributed by atoms with E-state index in [4.69, 9.17) is 0 Å². The maximum absolute atomic E-state index is 2.58. The first-order valence-electron chi connectivity index (χ1n) is 24.1. The Kier molecular flexibility index (Phi) is 8.79. The van der Waals surface area contributed by atoms with Gasteiger partial charge in [-0.1, -0.05) is 167 Å². The standard InChI is InChI=1S/C63H54N2/c1-62(2)54-38-42(24-32-50(54)51-34-30-48(40-55(51)62)64-58-18-8-4-14-44(58)26-27-45-15-5-9-19-59(45)64)22-23-43-25-33-52-53-35-31-49(41-57(53)63(56(52)39-43)36-12-3-13-37-63)65-60-20-10-6-16-46(60)28-29-47-17-7-11-21-61(47)65/h4-11,14-25,30-35,38-41H,3,12-13,26-29,36-37H2,1-2H3. The van der Waals surface area contributed by atoms with Crippen LogP contribution in [0.3, 0.4) is 0 Å². The molecule has 0 radical (unpaired) electrons. The van der Waals surface area contributed by atoms with Crippen molar-refractivity contribution in [3.05, 3.63) is 225 Å². The van der Waals surface area contributed by atoms with Crippen molar-refractivity contribution in [2.24, 2.45) is 0 Å². The highest BCUT2D eigenvalue weighted by atomic mass is 15.2. The van der Waals surface area contributed by atoms with Gasteiger partial charge in [-0.2, -0.15) is 0 Å². The lowest BCUT2D eigenvalue weighted by molar-refractivity contribution is 0.353. The van der Waals surface area contributed by atoms with Crippen molar-refractivity contribution in [1.82, 2.24) is 0 Å². The molecule has 2 heteroatoms. The molecule has 0 aromatic heterocycles. The molecule has 8 aromatic rings. The Morgan fingerprint density at radius 1 is 0.369 bits per heavy atom. The largest absolute Gasteiger partial charge is 0.310 e. The molecule has 8 aromatic carbocycles. The average molecular weight is 839 g/mol. The molecule has 0 amide bonds. The number of hydrogen-bond donors (Lipinski definition) is 0. The number of hydrogen-bond acceptors (Lipinski definition) is 2. The van der Waals surface area contributed by atoms with Gasteiger partial charge in [0.05, 0.1) is 0 Å². The van der Waals surface area contributed by atoms with Crippen molar-refractivity contribution < 1.29 is 0 Å². The van der Waals surface area contributed by atoms with Crippen LogP contribution in [0.15, 0.2) is 170 Å². The van der Waals surface area contributed by atoms with Crippen LogP contribution < -0.4 is 9.80 Å². The highest BCUT2D eigenvalue weighted by molar-refractivity contribution is 5.90. The molecule has 3 aliphatic carbocycles. The molecule has 13 rings (SSSR count). The molecule has 1 saturated carbocycles. The predicted octanol–water partition coefficient (Wildman–Crippen LogP) is 16.5. The molecule has 0 bridgehead atoms. The van der Waals surface area contributed by atoms with Crippen LogP contribution >= 0.6 is 0 Å². The number of anilines is 6. The molecule has 0 N–H and O–H groups in total. The zero-order chi connectivity index (χ0) is 43.3. The van der Waals surface area contributed by atoms with Crippen LogP contribution in [0.1, 0.15) is 102 Å². The Morgan fingerprint density at radius 3 is 1.18 bits per heavy atom. The van der Waals surface area contributed by atoms with E-state index in [-0.39, 0.29) is 10.8 Å². The minimum atomic E-state index is -0.140. The molecule has 0 unspecified atom stereocenters. The third-order valence-corrected chi connectivity index (χ3v) is 16.0. The van der Waals surface area contributed by atoms with Gasteiger partial charge in [0.15, 0.2) is 0 Å². The van der Waals surface area contributed by atoms with Crippen LogP contribution in [0, 0.1) is 0 Å². The lowest BCUT2D eigenvalue weighted by atomic mass is 9.67. The normalized spacial score (nSPS) is 17.0. The third kappa shape index (κ3) is 5.99. The van der Waals surface area contributed by atoms with Crippen LogP contribution in [0.5, 0.6) is 0 Å². The fraction of sp³-hybridized carbons (Fsp3) is 0.206. The topological polar surface area (TPSA) is 6.48 Å². The number of rotatable bonds is 4. The maximum atomic E-state index is 2.58. The maximum Gasteiger partial charge on any atom is 0.0493 e. The van der Waals surface area contributed by atoms with Crippen molar-refractivity contribution in [2.45, 2.75) is 82.5 Å². The van der Waals surface area contributed by atoms with Gasteiger partial charge in [-0.25, -0.2) is 0 Å². The number of fused-ring (bicyclic) bond motifs is 12. The predicted molar refractivity (Wildman–Crippen MR) is 273 cm³/mol. The molecule has 0 saturated heterocycles. The van der Waals surface area contributed by atoms with Gasteiger partial charge < -0.3 is 9.80 Å². The van der Waals surface area contributed by atoms with Gasteiger partial charge in [0.1, 0.15) is 0 Å². The lowest BCUT2D eigenvalue weighted by Crippen LogP contribution is -2.28. The first-order valence-corrected chi connectivity index (χ1v) is 24.1. The highest BCUT2D eigenvalue weighted by Gasteiger charge is 2.44. The second-order valence-corrected chi connectivity index (χ2v) is 19.9. The summed E-state index contributed by atoms with van der Waals surface area (Å²) in [4.78, 5) is 5.06. The second kappa shape index (κ2) is 14.8. The third-order valence-electron chi connectivity index (χ3n) is 16.0. The van der Waals surface area contributed by atoms with E-state index in [2.05, 4.69) is 206 Å². The minimum absolute atomic E-state index is 0.0351. The number of para-hydroxylation sites is 4. The monoisotopic (exact) mass is 838 g/mol. The number of benzene rings is 8. The molecule has 0 atom stereocenters. The van der Waals surface area contributed by atoms with Crippen molar-refractivity contribution in [3.63, 3.8) is 0 Å². The van der Waals surface area contributed by atoms with Gasteiger partial charge in [0.25, 0.3) is 0 Å². The van der Waals surface area contributed by atoms with Crippen molar-refractivity contribution >= 4 is 46.3 Å². The Balaban J connectivity index is 0.833. The van der Waals surface area contributed by atoms with E-state index >= 15 is 0 Å². The Morgan fingerprint density at radius 2 is 0.723 bits per heavy atom. The van der Waals surface area contributed by atoms with Crippen molar-refractivity contribution in [2.75, 3.05) is 9.80 Å². The quantitative estimate of drug-likeness (QED) is 0.163. The molecule has 316 valence electrons. The summed E-state index contributed by atoms with van der Waals surface area (Å²) >= 11 is 0. The molecule has 2 heterocycles. The second-order valence-electron chi connectivity index (χ2n) is 19.9. The van der Waals surface area contributed by atoms with E-state index in [0.29, 0.717) is 0 Å². The fourth-order valence-electron chi connectivity index (χ4n) is 12.7. The molecule has 2 nitrogen and oxygen atoms in total. The van der Waals surface area contributed by atoms with Crippen LogP contribution in [0.25, 0.3) is 34.4 Å². The summed E-state index contributed by atoms with van der Waals surface area (Å²) in [6, 6.07) is 65.1. The van der Waals surface area contributed by atoms with E-state index in [9.17, 15) is 0 Å². The Hall–Kier alpha value is -6.90. The summed E-state index contributed by atoms with van der Waals surface area (Å²) in [5.41, 5.74) is 27.2. The van der Waals surface area contributed by atoms with Gasteiger partial charge in [-0.05, 0) is 165 Å². The molecule has 1 fully saturated rings. The summed E-state index contributed by atoms with van der Waals surface area (Å²) < 4.78 is 0. The molecular formula is C63H54N2. The summed E-state index contributed by atoms with van der Waals surface area (Å²) in [6.07, 6.45) is 15.2. The average Bonchev–Trinajstić information content (AvgIpc) is 3.54. The minimum Gasteiger partial charge on any atom is -0.310 e. The highest BCUT2D eigenvalue weighted by Crippen LogP contribution is 2.58. The van der Waals surface area contributed by atoms with Crippen LogP contribution in [0.4, 0.5) is 34.1 Å². The van der Waals surface area contributed by atoms with Crippen LogP contribution in [-0.4, -0.2) is 0 Å². The first kappa shape index (κ1) is 38.5. The SMILES string of the molecule is CC1(C)c2cc(C=Cc3ccc4c(c3)C3(CCCCC3)c3cc(N5c6ccccc6CCc6ccccc65)ccc3-4)ccc2-c2ccc(N3c4ccccc4CCc4ccccc43)cc21. The zero-order valence-electron chi connectivity index (χ0n) is 37.6. The zero-order valence-corrected chi connectivity index (χ0v) is 37.6. The summed E-state index contributed by atoms with van der Waals surface area (Å²) in [5, 5.41) is 0. The summed E-state index contributed by atoms with van der Waals surface area (Å²) in [7, 11) is 0. The summed E-state index contributed by atoms with van der Waals surface area (Å²) in [5.74, 6) is 0. The molecule has 1 spiro atoms. The van der Waals surface area contributed by atoms with E-state index in [0.717, 1.165) is 25.7 Å². The number of nitrogens with zero attached hydrogens (tertiary/aromatic N) is 2. The van der Waals surface area contributed by atoms with Gasteiger partial charge in [0, 0.05) is 45.0 Å². The Labute approximate surface area is 384 Å². The van der Waals surface area contributed by atoms with Crippen LogP contribution in [-0.2, 0) is 36.5 Å². The fourth-order valence-corrected chi connectivity index (χ4v) is 12.7. The van der Waals surface area contributed by atoms with Crippen molar-refractivity contribution in [3.8, 4) is 22.3 Å². The Bertz CT molecular complexity index is 3150. The van der Waals surface area contributed by atoms with Gasteiger partial charge in [0.2, 0.25) is 0 Å². The van der Waals surface area contributed by atoms with E-state index < -0.39 is 0 Å². The van der Waals surface area contributed by atoms with Crippen molar-refractivity contribution in [1.29, 1.82) is 0 Å². The van der Waals surface area contributed by atoms with Crippen LogP contribution in [0.2, 0.25) is 0 Å². The van der Waals surface area contributed by atoms with Gasteiger partial charge >= 0.3 is 0 Å². The molecular weight excluding hydrogens is 785 g/mol. The molecule has 65 heavy (non-hydrogen) atoms. The van der Waals surface area contributed by atoms with E-state index in [1.165, 1.54) is 144 Å². The lowest BCUT2D eigenvalue weighted by Gasteiger charge is -2.37. The van der Waals surface area contributed by atoms with Gasteiger partial charge in [-0.3, -0.25) is 0 Å². The van der Waals surface area contributed by atoms with Gasteiger partial charge in [-0.15, -0.1) is 0 Å². The summed E-state index contributed by atoms with van der Waals surface area (Å²) in [6.45, 7) is 4.83. The first-order chi connectivity index (χ1) is 31.9. The van der Waals surface area contributed by atoms with E-state index in [1.807, 2.05) is 0 Å². The number of aryl methyl sites for hydroxylation is 4. The molecule has 5 aliphatic rings. The molecule has 2 aliphatic heterocycles.